The second-order valence-corrected chi connectivity index (χ2v) is 6.13. The highest BCUT2D eigenvalue weighted by atomic mass is 35.5. The first-order valence-corrected chi connectivity index (χ1v) is 8.15. The molecule has 1 unspecified atom stereocenters. The monoisotopic (exact) mass is 330 g/mol. The molecular weight excluding hydrogens is 312 g/mol. The zero-order valence-electron chi connectivity index (χ0n) is 12.8. The van der Waals surface area contributed by atoms with Crippen LogP contribution >= 0.6 is 11.6 Å². The maximum absolute atomic E-state index is 12.5. The Morgan fingerprint density at radius 2 is 2.13 bits per heavy atom. The van der Waals surface area contributed by atoms with Crippen LogP contribution in [0.4, 0.5) is 0 Å². The number of piperidine rings is 1. The molecule has 23 heavy (non-hydrogen) atoms. The molecule has 1 saturated heterocycles. The van der Waals surface area contributed by atoms with Gasteiger partial charge in [-0.3, -0.25) is 9.78 Å². The van der Waals surface area contributed by atoms with Crippen LogP contribution in [0.3, 0.4) is 0 Å². The van der Waals surface area contributed by atoms with E-state index in [2.05, 4.69) is 4.98 Å². The molecule has 5 heteroatoms. The topological polar surface area (TPSA) is 42.4 Å². The lowest BCUT2D eigenvalue weighted by atomic mass is 10.1. The molecule has 2 heterocycles. The number of ether oxygens (including phenoxy) is 1. The third-order valence-electron chi connectivity index (χ3n) is 3.97. The summed E-state index contributed by atoms with van der Waals surface area (Å²) in [4.78, 5) is 18.5. The summed E-state index contributed by atoms with van der Waals surface area (Å²) in [5.41, 5.74) is 1.72. The molecule has 0 aliphatic carbocycles. The van der Waals surface area contributed by atoms with Crippen LogP contribution in [0.1, 0.15) is 28.8 Å². The van der Waals surface area contributed by atoms with E-state index in [1.54, 1.807) is 36.7 Å². The number of hydrogen-bond acceptors (Lipinski definition) is 3. The number of carbonyl (C=O) groups is 1. The van der Waals surface area contributed by atoms with Crippen molar-refractivity contribution in [3.05, 3.63) is 64.9 Å². The predicted octanol–water partition coefficient (Wildman–Crippen LogP) is 3.56. The van der Waals surface area contributed by atoms with Crippen molar-refractivity contribution in [1.82, 2.24) is 9.88 Å². The first-order chi connectivity index (χ1) is 11.2. The van der Waals surface area contributed by atoms with E-state index in [0.29, 0.717) is 23.7 Å². The molecule has 0 saturated carbocycles. The highest BCUT2D eigenvalue weighted by Gasteiger charge is 2.24. The van der Waals surface area contributed by atoms with E-state index < -0.39 is 0 Å². The highest BCUT2D eigenvalue weighted by Crippen LogP contribution is 2.18. The summed E-state index contributed by atoms with van der Waals surface area (Å²) in [5.74, 6) is 0.0383. The predicted molar refractivity (Wildman–Crippen MR) is 89.4 cm³/mol. The van der Waals surface area contributed by atoms with Gasteiger partial charge in [-0.1, -0.05) is 17.7 Å². The van der Waals surface area contributed by atoms with Crippen LogP contribution in [0, 0.1) is 0 Å². The fourth-order valence-corrected chi connectivity index (χ4v) is 2.86. The van der Waals surface area contributed by atoms with Gasteiger partial charge >= 0.3 is 0 Å². The molecule has 0 spiro atoms. The summed E-state index contributed by atoms with van der Waals surface area (Å²) >= 11 is 5.87. The molecule has 1 fully saturated rings. The van der Waals surface area contributed by atoms with Crippen molar-refractivity contribution in [3.8, 4) is 0 Å². The molecule has 4 nitrogen and oxygen atoms in total. The van der Waals surface area contributed by atoms with Gasteiger partial charge in [0.05, 0.1) is 12.7 Å². The molecule has 1 aromatic heterocycles. The molecule has 1 atom stereocenters. The van der Waals surface area contributed by atoms with Crippen molar-refractivity contribution < 1.29 is 9.53 Å². The van der Waals surface area contributed by atoms with E-state index in [1.807, 2.05) is 17.0 Å². The Bertz CT molecular complexity index is 646. The Hall–Kier alpha value is -1.91. The number of rotatable bonds is 4. The van der Waals surface area contributed by atoms with E-state index in [-0.39, 0.29) is 12.0 Å². The van der Waals surface area contributed by atoms with Gasteiger partial charge in [-0.05, 0) is 48.7 Å². The third kappa shape index (κ3) is 4.30. The van der Waals surface area contributed by atoms with Gasteiger partial charge in [0.2, 0.25) is 0 Å². The second kappa shape index (κ2) is 7.57. The third-order valence-corrected chi connectivity index (χ3v) is 4.22. The summed E-state index contributed by atoms with van der Waals surface area (Å²) in [7, 11) is 0. The Morgan fingerprint density at radius 3 is 2.87 bits per heavy atom. The Balaban J connectivity index is 1.57. The number of benzene rings is 1. The molecule has 120 valence electrons. The number of carbonyl (C=O) groups excluding carboxylic acids is 1. The first kappa shape index (κ1) is 16.0. The second-order valence-electron chi connectivity index (χ2n) is 5.69. The van der Waals surface area contributed by atoms with Crippen molar-refractivity contribution in [3.63, 3.8) is 0 Å². The van der Waals surface area contributed by atoms with Gasteiger partial charge in [0.1, 0.15) is 0 Å². The van der Waals surface area contributed by atoms with Crippen LogP contribution in [0.25, 0.3) is 0 Å². The van der Waals surface area contributed by atoms with Crippen LogP contribution in [0.15, 0.2) is 48.8 Å². The quantitative estimate of drug-likeness (QED) is 0.861. The highest BCUT2D eigenvalue weighted by molar-refractivity contribution is 6.30. The lowest BCUT2D eigenvalue weighted by molar-refractivity contribution is -0.00681. The molecule has 2 aromatic rings. The zero-order valence-corrected chi connectivity index (χ0v) is 13.6. The van der Waals surface area contributed by atoms with Gasteiger partial charge in [-0.15, -0.1) is 0 Å². The van der Waals surface area contributed by atoms with Crippen LogP contribution in [-0.4, -0.2) is 35.0 Å². The average Bonchev–Trinajstić information content (AvgIpc) is 2.61. The fourth-order valence-electron chi connectivity index (χ4n) is 2.73. The minimum atomic E-state index is 0.0383. The Morgan fingerprint density at radius 1 is 1.30 bits per heavy atom. The van der Waals surface area contributed by atoms with Gasteiger partial charge in [0, 0.05) is 36.1 Å². The smallest absolute Gasteiger partial charge is 0.253 e. The standard InChI is InChI=1S/C18H19ClN2O2/c19-16-7-5-15(6-8-16)18(22)21-10-2-4-17(12-21)23-13-14-3-1-9-20-11-14/h1,3,5-9,11,17H,2,4,10,12-13H2. The van der Waals surface area contributed by atoms with Crippen molar-refractivity contribution in [2.24, 2.45) is 0 Å². The van der Waals surface area contributed by atoms with Crippen molar-refractivity contribution >= 4 is 17.5 Å². The lowest BCUT2D eigenvalue weighted by Gasteiger charge is -2.32. The average molecular weight is 331 g/mol. The lowest BCUT2D eigenvalue weighted by Crippen LogP contribution is -2.43. The molecule has 0 radical (unpaired) electrons. The van der Waals surface area contributed by atoms with Crippen LogP contribution in [0.5, 0.6) is 0 Å². The molecule has 0 bridgehead atoms. The van der Waals surface area contributed by atoms with Gasteiger partial charge in [-0.25, -0.2) is 0 Å². The van der Waals surface area contributed by atoms with Crippen molar-refractivity contribution in [1.29, 1.82) is 0 Å². The van der Waals surface area contributed by atoms with E-state index in [0.717, 1.165) is 24.9 Å². The summed E-state index contributed by atoms with van der Waals surface area (Å²) < 4.78 is 5.95. The SMILES string of the molecule is O=C(c1ccc(Cl)cc1)N1CCCC(OCc2cccnc2)C1. The molecule has 1 aromatic carbocycles. The maximum atomic E-state index is 12.5. The van der Waals surface area contributed by atoms with E-state index in [9.17, 15) is 4.79 Å². The molecule has 1 aliphatic heterocycles. The summed E-state index contributed by atoms with van der Waals surface area (Å²) in [6, 6.07) is 10.9. The number of nitrogens with zero attached hydrogens (tertiary/aromatic N) is 2. The number of amides is 1. The van der Waals surface area contributed by atoms with Crippen molar-refractivity contribution in [2.75, 3.05) is 13.1 Å². The van der Waals surface area contributed by atoms with Gasteiger partial charge in [0.25, 0.3) is 5.91 Å². The Labute approximate surface area is 141 Å². The number of aromatic nitrogens is 1. The minimum absolute atomic E-state index is 0.0383. The summed E-state index contributed by atoms with van der Waals surface area (Å²) in [6.45, 7) is 1.93. The van der Waals surface area contributed by atoms with E-state index >= 15 is 0 Å². The zero-order chi connectivity index (χ0) is 16.1. The summed E-state index contributed by atoms with van der Waals surface area (Å²) in [5, 5.41) is 0.637. The molecule has 1 aliphatic rings. The maximum Gasteiger partial charge on any atom is 0.253 e. The molecule has 3 rings (SSSR count). The van der Waals surface area contributed by atoms with Crippen molar-refractivity contribution in [2.45, 2.75) is 25.6 Å². The van der Waals surface area contributed by atoms with E-state index in [1.165, 1.54) is 0 Å². The number of likely N-dealkylation sites (tertiary alicyclic amines) is 1. The summed E-state index contributed by atoms with van der Waals surface area (Å²) in [6.07, 6.45) is 5.55. The molecule has 1 amide bonds. The number of pyridine rings is 1. The van der Waals surface area contributed by atoms with Gasteiger partial charge < -0.3 is 9.64 Å². The molecular formula is C18H19ClN2O2. The van der Waals surface area contributed by atoms with Crippen LogP contribution in [-0.2, 0) is 11.3 Å². The van der Waals surface area contributed by atoms with Crippen LogP contribution in [0.2, 0.25) is 5.02 Å². The first-order valence-electron chi connectivity index (χ1n) is 7.78. The molecule has 0 N–H and O–H groups in total. The minimum Gasteiger partial charge on any atom is -0.372 e. The Kier molecular flexibility index (Phi) is 5.26. The van der Waals surface area contributed by atoms with Gasteiger partial charge in [-0.2, -0.15) is 0 Å². The normalized spacial score (nSPS) is 18.0. The van der Waals surface area contributed by atoms with E-state index in [4.69, 9.17) is 16.3 Å². The van der Waals surface area contributed by atoms with Crippen LogP contribution < -0.4 is 0 Å². The largest absolute Gasteiger partial charge is 0.372 e. The number of hydrogen-bond donors (Lipinski definition) is 0. The fraction of sp³-hybridized carbons (Fsp3) is 0.333. The number of halogens is 1. The van der Waals surface area contributed by atoms with Gasteiger partial charge in [0.15, 0.2) is 0 Å².